The van der Waals surface area contributed by atoms with E-state index in [4.69, 9.17) is 21.1 Å². The number of ether oxygens (including phenoxy) is 2. The lowest BCUT2D eigenvalue weighted by Crippen LogP contribution is -2.26. The van der Waals surface area contributed by atoms with E-state index in [9.17, 15) is 9.59 Å². The third-order valence-electron chi connectivity index (χ3n) is 2.83. The zero-order chi connectivity index (χ0) is 16.0. The quantitative estimate of drug-likeness (QED) is 0.333. The molecule has 118 valence electrons. The highest BCUT2D eigenvalue weighted by atomic mass is 35.5. The molecule has 0 unspecified atom stereocenters. The number of aromatic nitrogens is 1. The van der Waals surface area contributed by atoms with Crippen molar-refractivity contribution >= 4 is 25.6 Å². The van der Waals surface area contributed by atoms with Gasteiger partial charge in [0.15, 0.2) is 0 Å². The Bertz CT molecular complexity index is 551. The second-order valence-corrected chi connectivity index (χ2v) is 11.9. The summed E-state index contributed by atoms with van der Waals surface area (Å²) in [5, 5.41) is 0.0500. The molecule has 0 aromatic carbocycles. The van der Waals surface area contributed by atoms with Crippen molar-refractivity contribution in [3.63, 3.8) is 0 Å². The first-order chi connectivity index (χ1) is 9.76. The van der Waals surface area contributed by atoms with Crippen LogP contribution in [0, 0.1) is 0 Å². The Morgan fingerprint density at radius 3 is 2.57 bits per heavy atom. The minimum absolute atomic E-state index is 0.0371. The standard InChI is InChI=1S/C14H22ClNO4Si/c1-5-20-14(18)11-6-7-12(17)16(13(11)15)10-19-8-9-21(2,3)4/h6-7H,5,8-10H2,1-4H3. The second-order valence-electron chi connectivity index (χ2n) is 5.87. The summed E-state index contributed by atoms with van der Waals surface area (Å²) >= 11 is 6.10. The summed E-state index contributed by atoms with van der Waals surface area (Å²) in [6, 6.07) is 3.66. The van der Waals surface area contributed by atoms with Gasteiger partial charge in [-0.05, 0) is 19.0 Å². The van der Waals surface area contributed by atoms with Gasteiger partial charge in [-0.1, -0.05) is 31.2 Å². The van der Waals surface area contributed by atoms with Crippen molar-refractivity contribution in [2.45, 2.75) is 39.3 Å². The van der Waals surface area contributed by atoms with Gasteiger partial charge in [-0.3, -0.25) is 9.36 Å². The van der Waals surface area contributed by atoms with Gasteiger partial charge in [0, 0.05) is 20.7 Å². The van der Waals surface area contributed by atoms with E-state index in [0.29, 0.717) is 6.61 Å². The number of hydrogen-bond acceptors (Lipinski definition) is 4. The van der Waals surface area contributed by atoms with E-state index in [1.165, 1.54) is 16.7 Å². The predicted molar refractivity (Wildman–Crippen MR) is 85.8 cm³/mol. The summed E-state index contributed by atoms with van der Waals surface area (Å²) in [5.41, 5.74) is -0.132. The highest BCUT2D eigenvalue weighted by Gasteiger charge is 2.16. The maximum Gasteiger partial charge on any atom is 0.341 e. The van der Waals surface area contributed by atoms with E-state index in [1.807, 2.05) is 0 Å². The van der Waals surface area contributed by atoms with Gasteiger partial charge in [-0.2, -0.15) is 0 Å². The Hall–Kier alpha value is -1.11. The Morgan fingerprint density at radius 1 is 1.33 bits per heavy atom. The van der Waals surface area contributed by atoms with Gasteiger partial charge in [0.2, 0.25) is 0 Å². The Labute approximate surface area is 130 Å². The molecule has 0 atom stereocenters. The minimum atomic E-state index is -1.18. The number of rotatable bonds is 7. The van der Waals surface area contributed by atoms with Gasteiger partial charge in [-0.15, -0.1) is 0 Å². The molecule has 0 spiro atoms. The summed E-state index contributed by atoms with van der Waals surface area (Å²) in [6.07, 6.45) is 0. The van der Waals surface area contributed by atoms with Gasteiger partial charge in [-0.25, -0.2) is 4.79 Å². The Morgan fingerprint density at radius 2 is 2.00 bits per heavy atom. The van der Waals surface area contributed by atoms with Crippen molar-refractivity contribution in [2.75, 3.05) is 13.2 Å². The number of carbonyl (C=O) groups excluding carboxylic acids is 1. The third-order valence-corrected chi connectivity index (χ3v) is 4.94. The summed E-state index contributed by atoms with van der Waals surface area (Å²) in [5.74, 6) is -0.543. The van der Waals surface area contributed by atoms with E-state index in [1.54, 1.807) is 6.92 Å². The predicted octanol–water partition coefficient (Wildman–Crippen LogP) is 2.99. The van der Waals surface area contributed by atoms with Crippen LogP contribution in [0.2, 0.25) is 30.8 Å². The lowest BCUT2D eigenvalue weighted by atomic mass is 10.3. The molecule has 21 heavy (non-hydrogen) atoms. The number of nitrogens with zero attached hydrogens (tertiary/aromatic N) is 1. The third kappa shape index (κ3) is 5.65. The van der Waals surface area contributed by atoms with Gasteiger partial charge in [0.05, 0.1) is 12.2 Å². The number of esters is 1. The lowest BCUT2D eigenvalue weighted by Gasteiger charge is -2.16. The van der Waals surface area contributed by atoms with E-state index in [2.05, 4.69) is 19.6 Å². The SMILES string of the molecule is CCOC(=O)c1ccc(=O)n(COCC[Si](C)(C)C)c1Cl. The van der Waals surface area contributed by atoms with E-state index < -0.39 is 14.0 Å². The van der Waals surface area contributed by atoms with Crippen LogP contribution in [-0.4, -0.2) is 31.8 Å². The maximum atomic E-state index is 11.8. The second kappa shape index (κ2) is 7.77. The zero-order valence-corrected chi connectivity index (χ0v) is 14.7. The van der Waals surface area contributed by atoms with Crippen LogP contribution < -0.4 is 5.56 Å². The van der Waals surface area contributed by atoms with Crippen molar-refractivity contribution in [1.82, 2.24) is 4.57 Å². The van der Waals surface area contributed by atoms with Crippen LogP contribution in [0.15, 0.2) is 16.9 Å². The van der Waals surface area contributed by atoms with Crippen LogP contribution in [-0.2, 0) is 16.2 Å². The molecule has 1 rings (SSSR count). The van der Waals surface area contributed by atoms with Crippen LogP contribution >= 0.6 is 11.6 Å². The van der Waals surface area contributed by atoms with Gasteiger partial charge in [0.1, 0.15) is 11.9 Å². The molecule has 1 aromatic rings. The molecular weight excluding hydrogens is 310 g/mol. The number of halogens is 1. The van der Waals surface area contributed by atoms with Crippen LogP contribution in [0.3, 0.4) is 0 Å². The van der Waals surface area contributed by atoms with Crippen molar-refractivity contribution in [1.29, 1.82) is 0 Å². The van der Waals surface area contributed by atoms with E-state index in [0.717, 1.165) is 6.04 Å². The molecular formula is C14H22ClNO4Si. The number of hydrogen-bond donors (Lipinski definition) is 0. The largest absolute Gasteiger partial charge is 0.462 e. The normalized spacial score (nSPS) is 11.5. The molecule has 0 radical (unpaired) electrons. The first-order valence-corrected chi connectivity index (χ1v) is 11.0. The molecule has 0 aliphatic heterocycles. The average Bonchev–Trinajstić information content (AvgIpc) is 2.36. The van der Waals surface area contributed by atoms with Crippen LogP contribution in [0.25, 0.3) is 0 Å². The van der Waals surface area contributed by atoms with Gasteiger partial charge in [0.25, 0.3) is 5.56 Å². The molecule has 0 saturated carbocycles. The summed E-state index contributed by atoms with van der Waals surface area (Å²) < 4.78 is 11.6. The first kappa shape index (κ1) is 17.9. The van der Waals surface area contributed by atoms with E-state index in [-0.39, 0.29) is 29.6 Å². The summed E-state index contributed by atoms with van der Waals surface area (Å²) in [6.45, 7) is 9.31. The first-order valence-electron chi connectivity index (χ1n) is 6.90. The lowest BCUT2D eigenvalue weighted by molar-refractivity contribution is 0.0522. The molecule has 1 heterocycles. The smallest absolute Gasteiger partial charge is 0.341 e. The van der Waals surface area contributed by atoms with Crippen molar-refractivity contribution in [3.8, 4) is 0 Å². The number of carbonyl (C=O) groups is 1. The van der Waals surface area contributed by atoms with Crippen LogP contribution in [0.5, 0.6) is 0 Å². The molecule has 0 amide bonds. The van der Waals surface area contributed by atoms with Gasteiger partial charge < -0.3 is 9.47 Å². The molecule has 0 aliphatic rings. The van der Waals surface area contributed by atoms with Crippen molar-refractivity contribution in [2.24, 2.45) is 0 Å². The molecule has 1 aromatic heterocycles. The summed E-state index contributed by atoms with van der Waals surface area (Å²) in [4.78, 5) is 23.6. The maximum absolute atomic E-state index is 11.8. The zero-order valence-electron chi connectivity index (χ0n) is 12.9. The van der Waals surface area contributed by atoms with Crippen LogP contribution in [0.1, 0.15) is 17.3 Å². The molecule has 5 nitrogen and oxygen atoms in total. The molecule has 0 N–H and O–H groups in total. The molecule has 0 aliphatic carbocycles. The van der Waals surface area contributed by atoms with Gasteiger partial charge >= 0.3 is 5.97 Å². The highest BCUT2D eigenvalue weighted by Crippen LogP contribution is 2.15. The fourth-order valence-electron chi connectivity index (χ4n) is 1.57. The highest BCUT2D eigenvalue weighted by molar-refractivity contribution is 6.76. The van der Waals surface area contributed by atoms with Crippen molar-refractivity contribution < 1.29 is 14.3 Å². The molecule has 0 fully saturated rings. The van der Waals surface area contributed by atoms with Crippen molar-refractivity contribution in [3.05, 3.63) is 33.2 Å². The Kier molecular flexibility index (Phi) is 6.64. The fraction of sp³-hybridized carbons (Fsp3) is 0.571. The minimum Gasteiger partial charge on any atom is -0.462 e. The molecule has 7 heteroatoms. The van der Waals surface area contributed by atoms with E-state index >= 15 is 0 Å². The molecule has 0 bridgehead atoms. The monoisotopic (exact) mass is 331 g/mol. The molecule has 0 saturated heterocycles. The van der Waals surface area contributed by atoms with Crippen LogP contribution in [0.4, 0.5) is 0 Å². The number of pyridine rings is 1. The topological polar surface area (TPSA) is 57.5 Å². The Balaban J connectivity index is 2.80. The fourth-order valence-corrected chi connectivity index (χ4v) is 2.60. The average molecular weight is 332 g/mol. The summed E-state index contributed by atoms with van der Waals surface area (Å²) in [7, 11) is -1.18.